The van der Waals surface area contributed by atoms with Crippen molar-refractivity contribution in [2.45, 2.75) is 6.61 Å². The minimum absolute atomic E-state index is 0.235. The molecule has 0 aliphatic rings. The van der Waals surface area contributed by atoms with Gasteiger partial charge in [0, 0.05) is 18.0 Å². The zero-order chi connectivity index (χ0) is 14.1. The molecule has 20 heavy (non-hydrogen) atoms. The van der Waals surface area contributed by atoms with Gasteiger partial charge in [-0.05, 0) is 36.4 Å². The summed E-state index contributed by atoms with van der Waals surface area (Å²) in [5.41, 5.74) is 1.94. The highest BCUT2D eigenvalue weighted by molar-refractivity contribution is 6.32. The molecule has 102 valence electrons. The lowest BCUT2D eigenvalue weighted by molar-refractivity contribution is 0.298. The molecule has 0 amide bonds. The average Bonchev–Trinajstić information content (AvgIpc) is 2.74. The molecule has 2 nitrogen and oxygen atoms in total. The highest BCUT2D eigenvalue weighted by atomic mass is 35.5. The van der Waals surface area contributed by atoms with E-state index >= 15 is 0 Å². The standard InChI is InChI=1S/C16H13ClFNO/c1-19-13(9-11-8-12(18)6-7-15(11)19)10-20-16-5-3-2-4-14(16)17/h2-9H,10H2,1H3. The zero-order valence-electron chi connectivity index (χ0n) is 10.9. The highest BCUT2D eigenvalue weighted by Gasteiger charge is 2.08. The van der Waals surface area contributed by atoms with Crippen LogP contribution in [0.1, 0.15) is 5.69 Å². The molecule has 0 atom stereocenters. The first kappa shape index (κ1) is 13.0. The Balaban J connectivity index is 1.88. The van der Waals surface area contributed by atoms with Gasteiger partial charge in [-0.1, -0.05) is 23.7 Å². The Morgan fingerprint density at radius 2 is 1.95 bits per heavy atom. The molecule has 0 unspecified atom stereocenters. The maximum absolute atomic E-state index is 13.2. The summed E-state index contributed by atoms with van der Waals surface area (Å²) >= 11 is 6.05. The number of aromatic nitrogens is 1. The number of fused-ring (bicyclic) bond motifs is 1. The summed E-state index contributed by atoms with van der Waals surface area (Å²) in [4.78, 5) is 0. The molecule has 1 aromatic heterocycles. The maximum atomic E-state index is 13.2. The lowest BCUT2D eigenvalue weighted by atomic mass is 10.2. The largest absolute Gasteiger partial charge is 0.486 e. The molecule has 0 fully saturated rings. The summed E-state index contributed by atoms with van der Waals surface area (Å²) in [6, 6.07) is 14.0. The van der Waals surface area contributed by atoms with E-state index in [-0.39, 0.29) is 5.82 Å². The van der Waals surface area contributed by atoms with Gasteiger partial charge in [0.05, 0.1) is 10.7 Å². The molecular weight excluding hydrogens is 277 g/mol. The minimum atomic E-state index is -0.235. The van der Waals surface area contributed by atoms with Crippen LogP contribution in [0.4, 0.5) is 4.39 Å². The minimum Gasteiger partial charge on any atom is -0.486 e. The van der Waals surface area contributed by atoms with Gasteiger partial charge in [0.1, 0.15) is 18.2 Å². The highest BCUT2D eigenvalue weighted by Crippen LogP contribution is 2.25. The van der Waals surface area contributed by atoms with Crippen molar-refractivity contribution in [1.29, 1.82) is 0 Å². The first-order valence-corrected chi connectivity index (χ1v) is 6.64. The maximum Gasteiger partial charge on any atom is 0.138 e. The Morgan fingerprint density at radius 3 is 2.75 bits per heavy atom. The lowest BCUT2D eigenvalue weighted by Gasteiger charge is -2.08. The monoisotopic (exact) mass is 289 g/mol. The van der Waals surface area contributed by atoms with Gasteiger partial charge < -0.3 is 9.30 Å². The molecule has 4 heteroatoms. The Hall–Kier alpha value is -2.00. The van der Waals surface area contributed by atoms with Crippen LogP contribution in [0.25, 0.3) is 10.9 Å². The van der Waals surface area contributed by atoms with Crippen LogP contribution in [0.3, 0.4) is 0 Å². The van der Waals surface area contributed by atoms with E-state index in [0.29, 0.717) is 17.4 Å². The van der Waals surface area contributed by atoms with Gasteiger partial charge in [-0.15, -0.1) is 0 Å². The summed E-state index contributed by atoms with van der Waals surface area (Å²) in [5, 5.41) is 1.45. The second-order valence-corrected chi connectivity index (χ2v) is 5.02. The number of ether oxygens (including phenoxy) is 1. The van der Waals surface area contributed by atoms with Crippen LogP contribution in [-0.4, -0.2) is 4.57 Å². The number of para-hydroxylation sites is 1. The summed E-state index contributed by atoms with van der Waals surface area (Å²) in [7, 11) is 1.94. The average molecular weight is 290 g/mol. The normalized spacial score (nSPS) is 10.9. The van der Waals surface area contributed by atoms with Gasteiger partial charge in [-0.25, -0.2) is 4.39 Å². The van der Waals surface area contributed by atoms with Crippen molar-refractivity contribution >= 4 is 22.5 Å². The summed E-state index contributed by atoms with van der Waals surface area (Å²) < 4.78 is 20.9. The number of rotatable bonds is 3. The third-order valence-electron chi connectivity index (χ3n) is 3.32. The molecule has 0 bridgehead atoms. The van der Waals surface area contributed by atoms with Gasteiger partial charge in [-0.2, -0.15) is 0 Å². The Morgan fingerprint density at radius 1 is 1.15 bits per heavy atom. The molecule has 0 aliphatic heterocycles. The van der Waals surface area contributed by atoms with Crippen molar-refractivity contribution in [3.8, 4) is 5.75 Å². The first-order chi connectivity index (χ1) is 9.65. The van der Waals surface area contributed by atoms with E-state index in [4.69, 9.17) is 16.3 Å². The number of hydrogen-bond donors (Lipinski definition) is 0. The Bertz CT molecular complexity index is 766. The molecule has 0 spiro atoms. The van der Waals surface area contributed by atoms with Gasteiger partial charge in [-0.3, -0.25) is 0 Å². The second-order valence-electron chi connectivity index (χ2n) is 4.62. The van der Waals surface area contributed by atoms with E-state index in [1.807, 2.05) is 35.9 Å². The van der Waals surface area contributed by atoms with E-state index in [2.05, 4.69) is 0 Å². The fraction of sp³-hybridized carbons (Fsp3) is 0.125. The molecule has 1 heterocycles. The van der Waals surface area contributed by atoms with E-state index < -0.39 is 0 Å². The van der Waals surface area contributed by atoms with E-state index in [0.717, 1.165) is 16.6 Å². The van der Waals surface area contributed by atoms with Crippen LogP contribution >= 0.6 is 11.6 Å². The quantitative estimate of drug-likeness (QED) is 0.690. The van der Waals surface area contributed by atoms with E-state index in [1.165, 1.54) is 12.1 Å². The topological polar surface area (TPSA) is 14.2 Å². The Kier molecular flexibility index (Phi) is 3.36. The molecule has 0 radical (unpaired) electrons. The first-order valence-electron chi connectivity index (χ1n) is 6.26. The van der Waals surface area contributed by atoms with Gasteiger partial charge in [0.25, 0.3) is 0 Å². The van der Waals surface area contributed by atoms with Crippen molar-refractivity contribution in [3.05, 3.63) is 65.1 Å². The van der Waals surface area contributed by atoms with Crippen molar-refractivity contribution in [2.75, 3.05) is 0 Å². The summed E-state index contributed by atoms with van der Waals surface area (Å²) in [5.74, 6) is 0.410. The van der Waals surface area contributed by atoms with Gasteiger partial charge in [0.2, 0.25) is 0 Å². The molecule has 3 rings (SSSR count). The number of halogens is 2. The lowest BCUT2D eigenvalue weighted by Crippen LogP contribution is -2.01. The molecule has 0 N–H and O–H groups in total. The number of aryl methyl sites for hydroxylation is 1. The number of benzene rings is 2. The van der Waals surface area contributed by atoms with E-state index in [9.17, 15) is 4.39 Å². The molecule has 2 aromatic carbocycles. The molecule has 0 saturated carbocycles. The van der Waals surface area contributed by atoms with Crippen molar-refractivity contribution in [3.63, 3.8) is 0 Å². The summed E-state index contributed by atoms with van der Waals surface area (Å²) in [6.45, 7) is 0.385. The van der Waals surface area contributed by atoms with Crippen LogP contribution in [0.5, 0.6) is 5.75 Å². The predicted molar refractivity (Wildman–Crippen MR) is 78.7 cm³/mol. The molecular formula is C16H13ClFNO. The van der Waals surface area contributed by atoms with Crippen molar-refractivity contribution in [1.82, 2.24) is 4.57 Å². The van der Waals surface area contributed by atoms with Crippen LogP contribution in [0, 0.1) is 5.82 Å². The summed E-state index contributed by atoms with van der Waals surface area (Å²) in [6.07, 6.45) is 0. The fourth-order valence-corrected chi connectivity index (χ4v) is 2.42. The van der Waals surface area contributed by atoms with Crippen molar-refractivity contribution in [2.24, 2.45) is 7.05 Å². The predicted octanol–water partition coefficient (Wildman–Crippen LogP) is 4.55. The van der Waals surface area contributed by atoms with Crippen molar-refractivity contribution < 1.29 is 9.13 Å². The molecule has 0 aliphatic carbocycles. The SMILES string of the molecule is Cn1c(COc2ccccc2Cl)cc2cc(F)ccc21. The zero-order valence-corrected chi connectivity index (χ0v) is 11.7. The fourth-order valence-electron chi connectivity index (χ4n) is 2.23. The smallest absolute Gasteiger partial charge is 0.138 e. The van der Waals surface area contributed by atoms with E-state index in [1.54, 1.807) is 12.1 Å². The van der Waals surface area contributed by atoms with Gasteiger partial charge in [0.15, 0.2) is 0 Å². The Labute approximate surface area is 121 Å². The number of nitrogens with zero attached hydrogens (tertiary/aromatic N) is 1. The van der Waals surface area contributed by atoms with Crippen LogP contribution in [0.15, 0.2) is 48.5 Å². The van der Waals surface area contributed by atoms with Crippen LogP contribution in [0.2, 0.25) is 5.02 Å². The third-order valence-corrected chi connectivity index (χ3v) is 3.63. The second kappa shape index (κ2) is 5.17. The number of hydrogen-bond acceptors (Lipinski definition) is 1. The van der Waals surface area contributed by atoms with Crippen LogP contribution < -0.4 is 4.74 Å². The molecule has 3 aromatic rings. The van der Waals surface area contributed by atoms with Gasteiger partial charge >= 0.3 is 0 Å². The molecule has 0 saturated heterocycles. The van der Waals surface area contributed by atoms with Crippen LogP contribution in [-0.2, 0) is 13.7 Å². The third kappa shape index (κ3) is 2.37.